The summed E-state index contributed by atoms with van der Waals surface area (Å²) in [6.07, 6.45) is 0. The van der Waals surface area contributed by atoms with Gasteiger partial charge in [-0.25, -0.2) is 4.79 Å². The van der Waals surface area contributed by atoms with Crippen LogP contribution < -0.4 is 22.1 Å². The average Bonchev–Trinajstić information content (AvgIpc) is 2.99. The van der Waals surface area contributed by atoms with Gasteiger partial charge in [-0.2, -0.15) is 0 Å². The Hall–Kier alpha value is -2.42. The van der Waals surface area contributed by atoms with Gasteiger partial charge in [0.15, 0.2) is 0 Å². The van der Waals surface area contributed by atoms with Crippen molar-refractivity contribution < 1.29 is 14.3 Å². The number of anilines is 1. The van der Waals surface area contributed by atoms with E-state index in [1.807, 2.05) is 24.3 Å². The molecule has 0 spiro atoms. The molecule has 0 aliphatic heterocycles. The second-order valence-corrected chi connectivity index (χ2v) is 7.15. The van der Waals surface area contributed by atoms with E-state index in [1.165, 1.54) is 11.3 Å². The molecule has 0 radical (unpaired) electrons. The van der Waals surface area contributed by atoms with Gasteiger partial charge in [-0.3, -0.25) is 4.79 Å². The lowest BCUT2D eigenvalue weighted by molar-refractivity contribution is 0.100. The number of rotatable bonds is 9. The van der Waals surface area contributed by atoms with Crippen molar-refractivity contribution in [2.75, 3.05) is 25.6 Å². The summed E-state index contributed by atoms with van der Waals surface area (Å²) in [6.45, 7) is 4.50. The summed E-state index contributed by atoms with van der Waals surface area (Å²) >= 11 is 1.22. The predicted octanol–water partition coefficient (Wildman–Crippen LogP) is 2.38. The molecule has 0 aliphatic carbocycles. The molecule has 7 nitrogen and oxygen atoms in total. The molecule has 0 saturated carbocycles. The zero-order valence-electron chi connectivity index (χ0n) is 14.9. The zero-order valence-corrected chi connectivity index (χ0v) is 15.7. The van der Waals surface area contributed by atoms with Gasteiger partial charge in [0.1, 0.15) is 4.88 Å². The molecule has 0 aliphatic rings. The minimum Gasteiger partial charge on any atom is -0.384 e. The van der Waals surface area contributed by atoms with Crippen LogP contribution in [0.5, 0.6) is 0 Å². The van der Waals surface area contributed by atoms with E-state index in [-0.39, 0.29) is 4.88 Å². The van der Waals surface area contributed by atoms with E-state index in [2.05, 4.69) is 17.6 Å². The molecule has 2 aromatic rings. The van der Waals surface area contributed by atoms with Crippen molar-refractivity contribution in [3.05, 3.63) is 40.8 Å². The Morgan fingerprint density at radius 1 is 1.23 bits per heavy atom. The van der Waals surface area contributed by atoms with Crippen LogP contribution in [-0.2, 0) is 11.3 Å². The van der Waals surface area contributed by atoms with E-state index in [1.54, 1.807) is 13.2 Å². The van der Waals surface area contributed by atoms with E-state index in [9.17, 15) is 9.59 Å². The van der Waals surface area contributed by atoms with Gasteiger partial charge in [-0.1, -0.05) is 31.2 Å². The Morgan fingerprint density at radius 3 is 2.50 bits per heavy atom. The molecule has 0 bridgehead atoms. The van der Waals surface area contributed by atoms with Crippen LogP contribution in [0, 0.1) is 5.92 Å². The fourth-order valence-electron chi connectivity index (χ4n) is 2.54. The number of methoxy groups -OCH3 is 1. The Bertz CT molecular complexity index is 758. The molecule has 26 heavy (non-hydrogen) atoms. The van der Waals surface area contributed by atoms with E-state index in [0.717, 1.165) is 35.7 Å². The second-order valence-electron chi connectivity index (χ2n) is 6.10. The highest BCUT2D eigenvalue weighted by Gasteiger charge is 2.16. The van der Waals surface area contributed by atoms with Gasteiger partial charge in [-0.05, 0) is 23.1 Å². The van der Waals surface area contributed by atoms with Gasteiger partial charge >= 0.3 is 6.03 Å². The summed E-state index contributed by atoms with van der Waals surface area (Å²) in [5.74, 6) is -0.148. The maximum atomic E-state index is 11.5. The number of carbonyl (C=O) groups excluding carboxylic acids is 2. The molecule has 1 atom stereocenters. The first-order valence-electron chi connectivity index (χ1n) is 8.19. The number of hydrogen-bond donors (Lipinski definition) is 4. The smallest absolute Gasteiger partial charge is 0.316 e. The number of benzene rings is 1. The van der Waals surface area contributed by atoms with Crippen molar-refractivity contribution in [1.82, 2.24) is 5.32 Å². The van der Waals surface area contributed by atoms with Crippen molar-refractivity contribution in [2.45, 2.75) is 13.5 Å². The molecular formula is C18H24N4O3S. The van der Waals surface area contributed by atoms with E-state index < -0.39 is 11.9 Å². The number of amides is 3. The Balaban J connectivity index is 2.06. The number of nitrogens with two attached hydrogens (primary N) is 2. The minimum absolute atomic E-state index is 0.275. The lowest BCUT2D eigenvalue weighted by Crippen LogP contribution is -2.23. The fourth-order valence-corrected chi connectivity index (χ4v) is 3.51. The maximum absolute atomic E-state index is 11.5. The molecule has 0 saturated heterocycles. The summed E-state index contributed by atoms with van der Waals surface area (Å²) in [5.41, 5.74) is 12.9. The molecule has 140 valence electrons. The molecule has 1 aromatic carbocycles. The van der Waals surface area contributed by atoms with Crippen LogP contribution in [0.15, 0.2) is 30.3 Å². The average molecular weight is 376 g/mol. The van der Waals surface area contributed by atoms with Crippen molar-refractivity contribution in [1.29, 1.82) is 0 Å². The molecule has 1 aromatic heterocycles. The van der Waals surface area contributed by atoms with Crippen molar-refractivity contribution >= 4 is 29.0 Å². The molecule has 1 heterocycles. The van der Waals surface area contributed by atoms with Gasteiger partial charge in [-0.15, -0.1) is 11.3 Å². The monoisotopic (exact) mass is 376 g/mol. The van der Waals surface area contributed by atoms with E-state index in [4.69, 9.17) is 16.2 Å². The van der Waals surface area contributed by atoms with Crippen LogP contribution in [0.25, 0.3) is 10.4 Å². The van der Waals surface area contributed by atoms with E-state index in [0.29, 0.717) is 11.6 Å². The standard InChI is InChI=1S/C18H24N4O3S/c1-11(10-25-2)8-21-9-12-3-5-13(6-4-12)15-7-14(22-18(20)24)16(26-15)17(19)23/h3-7,11,21H,8-10H2,1-2H3,(H2,19,23)(H3,20,22,24). The van der Waals surface area contributed by atoms with Gasteiger partial charge in [0, 0.05) is 31.7 Å². The summed E-state index contributed by atoms with van der Waals surface area (Å²) in [5, 5.41) is 5.83. The summed E-state index contributed by atoms with van der Waals surface area (Å²) < 4.78 is 5.12. The van der Waals surface area contributed by atoms with Crippen molar-refractivity contribution in [3.8, 4) is 10.4 Å². The number of hydrogen-bond acceptors (Lipinski definition) is 5. The zero-order chi connectivity index (χ0) is 19.1. The minimum atomic E-state index is -0.735. The quantitative estimate of drug-likeness (QED) is 0.537. The number of primary amides is 2. The van der Waals surface area contributed by atoms with Gasteiger partial charge < -0.3 is 26.8 Å². The van der Waals surface area contributed by atoms with Gasteiger partial charge in [0.25, 0.3) is 5.91 Å². The van der Waals surface area contributed by atoms with Crippen LogP contribution in [-0.4, -0.2) is 32.2 Å². The van der Waals surface area contributed by atoms with Gasteiger partial charge in [0.2, 0.25) is 0 Å². The molecular weight excluding hydrogens is 352 g/mol. The highest BCUT2D eigenvalue weighted by Crippen LogP contribution is 2.34. The topological polar surface area (TPSA) is 119 Å². The molecule has 6 N–H and O–H groups in total. The molecule has 8 heteroatoms. The summed E-state index contributed by atoms with van der Waals surface area (Å²) in [6, 6.07) is 8.96. The molecule has 0 fully saturated rings. The Kier molecular flexibility index (Phi) is 7.14. The third-order valence-electron chi connectivity index (χ3n) is 3.73. The van der Waals surface area contributed by atoms with Crippen LogP contribution in [0.4, 0.5) is 10.5 Å². The summed E-state index contributed by atoms with van der Waals surface area (Å²) in [4.78, 5) is 23.7. The third kappa shape index (κ3) is 5.55. The van der Waals surface area contributed by atoms with Crippen LogP contribution in [0.2, 0.25) is 0 Å². The lowest BCUT2D eigenvalue weighted by atomic mass is 10.1. The third-order valence-corrected chi connectivity index (χ3v) is 4.92. The van der Waals surface area contributed by atoms with Gasteiger partial charge in [0.05, 0.1) is 5.69 Å². The second kappa shape index (κ2) is 9.33. The maximum Gasteiger partial charge on any atom is 0.316 e. The molecule has 2 rings (SSSR count). The number of urea groups is 1. The molecule has 3 amide bonds. The van der Waals surface area contributed by atoms with E-state index >= 15 is 0 Å². The SMILES string of the molecule is COCC(C)CNCc1ccc(-c2cc(NC(N)=O)c(C(N)=O)s2)cc1. The highest BCUT2D eigenvalue weighted by molar-refractivity contribution is 7.18. The van der Waals surface area contributed by atoms with Crippen LogP contribution in [0.3, 0.4) is 0 Å². The Morgan fingerprint density at radius 2 is 1.92 bits per heavy atom. The predicted molar refractivity (Wildman–Crippen MR) is 104 cm³/mol. The van der Waals surface area contributed by atoms with Crippen molar-refractivity contribution in [2.24, 2.45) is 17.4 Å². The highest BCUT2D eigenvalue weighted by atomic mass is 32.1. The van der Waals surface area contributed by atoms with Crippen LogP contribution in [0.1, 0.15) is 22.2 Å². The first-order valence-corrected chi connectivity index (χ1v) is 9.01. The fraction of sp³-hybridized carbons (Fsp3) is 0.333. The number of carbonyl (C=O) groups is 2. The number of ether oxygens (including phenoxy) is 1. The lowest BCUT2D eigenvalue weighted by Gasteiger charge is -2.11. The normalized spacial score (nSPS) is 11.9. The Labute approximate surface area is 156 Å². The number of thiophene rings is 1. The first-order chi connectivity index (χ1) is 12.4. The molecule has 1 unspecified atom stereocenters. The van der Waals surface area contributed by atoms with Crippen LogP contribution >= 0.6 is 11.3 Å². The largest absolute Gasteiger partial charge is 0.384 e. The number of nitrogens with one attached hydrogen (secondary N) is 2. The van der Waals surface area contributed by atoms with Crippen molar-refractivity contribution in [3.63, 3.8) is 0 Å². The summed E-state index contributed by atoms with van der Waals surface area (Å²) in [7, 11) is 1.70. The first kappa shape index (κ1) is 19.9.